The first-order valence-electron chi connectivity index (χ1n) is 3.58. The Labute approximate surface area is 71.2 Å². The molecule has 0 saturated heterocycles. The number of hydrogen-bond acceptors (Lipinski definition) is 3. The third kappa shape index (κ3) is 1.72. The van der Waals surface area contributed by atoms with Crippen LogP contribution in [0.5, 0.6) is 0 Å². The molecule has 1 N–H and O–H groups in total. The van der Waals surface area contributed by atoms with E-state index in [1.165, 1.54) is 0 Å². The lowest BCUT2D eigenvalue weighted by molar-refractivity contribution is -0.105. The Balaban J connectivity index is 2.99. The van der Waals surface area contributed by atoms with Crippen molar-refractivity contribution in [3.63, 3.8) is 0 Å². The molecule has 0 fully saturated rings. The topological polar surface area (TPSA) is 45.2 Å². The zero-order chi connectivity index (χ0) is 8.97. The van der Waals surface area contributed by atoms with Crippen molar-refractivity contribution in [2.24, 2.45) is 0 Å². The summed E-state index contributed by atoms with van der Waals surface area (Å²) in [6.07, 6.45) is 2.33. The molecule has 64 valence electrons. The Morgan fingerprint density at radius 1 is 1.58 bits per heavy atom. The quantitative estimate of drug-likeness (QED) is 0.671. The normalized spacial score (nSPS) is 9.17. The van der Waals surface area contributed by atoms with Crippen molar-refractivity contribution in [1.29, 1.82) is 0 Å². The molecule has 0 radical (unpaired) electrons. The van der Waals surface area contributed by atoms with Crippen molar-refractivity contribution in [1.82, 2.24) is 4.98 Å². The monoisotopic (exact) mass is 165 g/mol. The van der Waals surface area contributed by atoms with E-state index in [0.29, 0.717) is 6.41 Å². The molecule has 0 spiro atoms. The minimum absolute atomic E-state index is 0.643. The predicted octanol–water partition coefficient (Wildman–Crippen LogP) is 0.716. The summed E-state index contributed by atoms with van der Waals surface area (Å²) in [5.74, 6) is 0.754. The van der Waals surface area contributed by atoms with Gasteiger partial charge in [0.25, 0.3) is 0 Å². The molecule has 0 saturated carbocycles. The lowest BCUT2D eigenvalue weighted by Crippen LogP contribution is -2.13. The molecule has 12 heavy (non-hydrogen) atoms. The summed E-state index contributed by atoms with van der Waals surface area (Å²) in [5, 5.41) is 2.57. The fourth-order valence-electron chi connectivity index (χ4n) is 0.929. The van der Waals surface area contributed by atoms with Crippen LogP contribution in [0.2, 0.25) is 0 Å². The number of aromatic nitrogens is 1. The number of anilines is 2. The second kappa shape index (κ2) is 3.71. The highest BCUT2D eigenvalue weighted by atomic mass is 16.1. The van der Waals surface area contributed by atoms with Crippen molar-refractivity contribution in [3.05, 3.63) is 18.3 Å². The Morgan fingerprint density at radius 3 is 2.92 bits per heavy atom. The van der Waals surface area contributed by atoms with Gasteiger partial charge in [0.1, 0.15) is 0 Å². The number of carbonyl (C=O) groups is 1. The highest BCUT2D eigenvalue weighted by molar-refractivity contribution is 5.78. The molecule has 1 heterocycles. The number of pyridine rings is 1. The fraction of sp³-hybridized carbons (Fsp3) is 0.250. The Bertz CT molecular complexity index is 273. The van der Waals surface area contributed by atoms with Crippen LogP contribution in [0, 0.1) is 0 Å². The predicted molar refractivity (Wildman–Crippen MR) is 48.3 cm³/mol. The van der Waals surface area contributed by atoms with Gasteiger partial charge in [0.05, 0.1) is 5.69 Å². The second-order valence-electron chi connectivity index (χ2n) is 2.53. The molecule has 0 aromatic carbocycles. The minimum atomic E-state index is 0.643. The van der Waals surface area contributed by atoms with E-state index >= 15 is 0 Å². The number of rotatable bonds is 3. The van der Waals surface area contributed by atoms with Gasteiger partial charge in [0.2, 0.25) is 6.41 Å². The molecular weight excluding hydrogens is 154 g/mol. The molecule has 0 aliphatic heterocycles. The molecule has 4 heteroatoms. The maximum Gasteiger partial charge on any atom is 0.211 e. The largest absolute Gasteiger partial charge is 0.361 e. The number of nitrogens with one attached hydrogen (secondary N) is 1. The van der Waals surface area contributed by atoms with Crippen LogP contribution in [-0.2, 0) is 4.79 Å². The maximum absolute atomic E-state index is 10.2. The van der Waals surface area contributed by atoms with Gasteiger partial charge in [-0.05, 0) is 12.1 Å². The van der Waals surface area contributed by atoms with E-state index in [2.05, 4.69) is 10.3 Å². The summed E-state index contributed by atoms with van der Waals surface area (Å²) in [6, 6.07) is 3.58. The number of amides is 1. The van der Waals surface area contributed by atoms with Crippen LogP contribution in [-0.4, -0.2) is 25.5 Å². The van der Waals surface area contributed by atoms with Gasteiger partial charge in [-0.3, -0.25) is 4.79 Å². The van der Waals surface area contributed by atoms with Gasteiger partial charge in [-0.1, -0.05) is 0 Å². The van der Waals surface area contributed by atoms with E-state index in [1.807, 2.05) is 19.0 Å². The van der Waals surface area contributed by atoms with E-state index in [1.54, 1.807) is 18.3 Å². The van der Waals surface area contributed by atoms with Crippen molar-refractivity contribution in [3.8, 4) is 0 Å². The summed E-state index contributed by atoms with van der Waals surface area (Å²) in [4.78, 5) is 16.1. The van der Waals surface area contributed by atoms with Gasteiger partial charge in [0.15, 0.2) is 5.82 Å². The van der Waals surface area contributed by atoms with E-state index < -0.39 is 0 Å². The number of carbonyl (C=O) groups excluding carboxylic acids is 1. The van der Waals surface area contributed by atoms with Crippen LogP contribution < -0.4 is 10.2 Å². The van der Waals surface area contributed by atoms with Crippen LogP contribution in [0.3, 0.4) is 0 Å². The third-order valence-corrected chi connectivity index (χ3v) is 1.42. The summed E-state index contributed by atoms with van der Waals surface area (Å²) in [7, 11) is 3.75. The standard InChI is InChI=1S/C8H11N3O/c1-11(2)8-7(10-6-12)4-3-5-9-8/h3-6H,1-2H3,(H,10,12). The first kappa shape index (κ1) is 8.52. The van der Waals surface area contributed by atoms with E-state index in [4.69, 9.17) is 0 Å². The summed E-state index contributed by atoms with van der Waals surface area (Å²) in [5.41, 5.74) is 0.720. The fourth-order valence-corrected chi connectivity index (χ4v) is 0.929. The van der Waals surface area contributed by atoms with Crippen LogP contribution in [0.15, 0.2) is 18.3 Å². The average Bonchev–Trinajstić information content (AvgIpc) is 2.05. The number of nitrogens with zero attached hydrogens (tertiary/aromatic N) is 2. The molecule has 0 atom stereocenters. The van der Waals surface area contributed by atoms with Gasteiger partial charge in [-0.15, -0.1) is 0 Å². The van der Waals surface area contributed by atoms with Crippen LogP contribution in [0.4, 0.5) is 11.5 Å². The van der Waals surface area contributed by atoms with Gasteiger partial charge in [-0.2, -0.15) is 0 Å². The molecule has 0 aliphatic carbocycles. The van der Waals surface area contributed by atoms with Crippen LogP contribution in [0.1, 0.15) is 0 Å². The van der Waals surface area contributed by atoms with Crippen LogP contribution >= 0.6 is 0 Å². The Kier molecular flexibility index (Phi) is 2.63. The van der Waals surface area contributed by atoms with Crippen molar-refractivity contribution in [2.45, 2.75) is 0 Å². The molecule has 0 unspecified atom stereocenters. The molecular formula is C8H11N3O. The minimum Gasteiger partial charge on any atom is -0.361 e. The van der Waals surface area contributed by atoms with Crippen molar-refractivity contribution in [2.75, 3.05) is 24.3 Å². The Morgan fingerprint density at radius 2 is 2.33 bits per heavy atom. The molecule has 1 aromatic heterocycles. The van der Waals surface area contributed by atoms with Gasteiger partial charge in [0, 0.05) is 20.3 Å². The number of hydrogen-bond donors (Lipinski definition) is 1. The maximum atomic E-state index is 10.2. The second-order valence-corrected chi connectivity index (χ2v) is 2.53. The zero-order valence-corrected chi connectivity index (χ0v) is 7.11. The summed E-state index contributed by atoms with van der Waals surface area (Å²) in [6.45, 7) is 0. The molecule has 4 nitrogen and oxygen atoms in total. The molecule has 1 rings (SSSR count). The van der Waals surface area contributed by atoms with Crippen molar-refractivity contribution >= 4 is 17.9 Å². The average molecular weight is 165 g/mol. The van der Waals surface area contributed by atoms with Crippen molar-refractivity contribution < 1.29 is 4.79 Å². The zero-order valence-electron chi connectivity index (χ0n) is 7.11. The van der Waals surface area contributed by atoms with Gasteiger partial charge in [-0.25, -0.2) is 4.98 Å². The molecule has 1 amide bonds. The lowest BCUT2D eigenvalue weighted by Gasteiger charge is -2.14. The first-order valence-corrected chi connectivity index (χ1v) is 3.58. The molecule has 0 aliphatic rings. The Hall–Kier alpha value is -1.58. The summed E-state index contributed by atoms with van der Waals surface area (Å²) < 4.78 is 0. The third-order valence-electron chi connectivity index (χ3n) is 1.42. The SMILES string of the molecule is CN(C)c1ncccc1NC=O. The van der Waals surface area contributed by atoms with Gasteiger partial charge < -0.3 is 10.2 Å². The van der Waals surface area contributed by atoms with Crippen LogP contribution in [0.25, 0.3) is 0 Å². The highest BCUT2D eigenvalue weighted by Crippen LogP contribution is 2.18. The molecule has 0 bridgehead atoms. The summed E-state index contributed by atoms with van der Waals surface area (Å²) >= 11 is 0. The smallest absolute Gasteiger partial charge is 0.211 e. The van der Waals surface area contributed by atoms with Gasteiger partial charge >= 0.3 is 0 Å². The molecule has 1 aromatic rings. The van der Waals surface area contributed by atoms with E-state index in [9.17, 15) is 4.79 Å². The van der Waals surface area contributed by atoms with E-state index in [0.717, 1.165) is 11.5 Å². The lowest BCUT2D eigenvalue weighted by atomic mass is 10.4. The highest BCUT2D eigenvalue weighted by Gasteiger charge is 2.02. The first-order chi connectivity index (χ1) is 5.75. The van der Waals surface area contributed by atoms with E-state index in [-0.39, 0.29) is 0 Å².